The molecule has 120 valence electrons. The number of rotatable bonds is 5. The van der Waals surface area contributed by atoms with Crippen molar-refractivity contribution in [3.8, 4) is 5.75 Å². The largest absolute Gasteiger partial charge is 0.473 e. The molecule has 1 aromatic carbocycles. The van der Waals surface area contributed by atoms with Crippen LogP contribution in [0.3, 0.4) is 0 Å². The molecule has 0 fully saturated rings. The molecule has 0 bridgehead atoms. The van der Waals surface area contributed by atoms with Crippen molar-refractivity contribution < 1.29 is 18.8 Å². The van der Waals surface area contributed by atoms with Gasteiger partial charge in [-0.15, -0.1) is 0 Å². The first kappa shape index (κ1) is 16.6. The summed E-state index contributed by atoms with van der Waals surface area (Å²) >= 11 is 5.62. The fraction of sp³-hybridized carbons (Fsp3) is 0.143. The van der Waals surface area contributed by atoms with E-state index in [1.807, 2.05) is 0 Å². The Labute approximate surface area is 135 Å². The molecule has 9 heteroatoms. The molecule has 0 aliphatic rings. The van der Waals surface area contributed by atoms with Gasteiger partial charge in [0.1, 0.15) is 12.0 Å². The van der Waals surface area contributed by atoms with E-state index in [-0.39, 0.29) is 16.5 Å². The number of carbonyl (C=O) groups is 1. The van der Waals surface area contributed by atoms with Crippen molar-refractivity contribution in [3.05, 3.63) is 57.5 Å². The summed E-state index contributed by atoms with van der Waals surface area (Å²) < 4.78 is 18.9. The lowest BCUT2D eigenvalue weighted by Gasteiger charge is -2.14. The zero-order valence-corrected chi connectivity index (χ0v) is 12.6. The molecule has 1 unspecified atom stereocenters. The first-order valence-corrected chi connectivity index (χ1v) is 6.78. The molecule has 1 N–H and O–H groups in total. The van der Waals surface area contributed by atoms with E-state index in [0.717, 1.165) is 6.07 Å². The number of nitrogens with one attached hydrogen (secondary N) is 1. The molecular formula is C14H11ClFN3O4. The number of aromatic nitrogens is 1. The van der Waals surface area contributed by atoms with Crippen LogP contribution in [0.5, 0.6) is 5.75 Å². The van der Waals surface area contributed by atoms with Gasteiger partial charge in [-0.1, -0.05) is 11.6 Å². The zero-order valence-electron chi connectivity index (χ0n) is 11.8. The third-order valence-electron chi connectivity index (χ3n) is 2.79. The summed E-state index contributed by atoms with van der Waals surface area (Å²) in [5.74, 6) is -2.05. The van der Waals surface area contributed by atoms with Crippen LogP contribution < -0.4 is 10.1 Å². The van der Waals surface area contributed by atoms with E-state index in [4.69, 9.17) is 16.3 Å². The Hall–Kier alpha value is -2.74. The van der Waals surface area contributed by atoms with E-state index in [2.05, 4.69) is 10.3 Å². The van der Waals surface area contributed by atoms with Crippen LogP contribution in [0.2, 0.25) is 5.02 Å². The minimum atomic E-state index is -1.10. The highest BCUT2D eigenvalue weighted by atomic mass is 35.5. The summed E-state index contributed by atoms with van der Waals surface area (Å²) in [5, 5.41) is 13.3. The SMILES string of the molecule is CC(Oc1cccnc1[N+](=O)[O-])C(=O)Nc1ccc(Cl)cc1F. The Morgan fingerprint density at radius 2 is 2.22 bits per heavy atom. The van der Waals surface area contributed by atoms with Gasteiger partial charge < -0.3 is 20.2 Å². The van der Waals surface area contributed by atoms with Crippen LogP contribution in [0.4, 0.5) is 15.9 Å². The Morgan fingerprint density at radius 3 is 2.87 bits per heavy atom. The van der Waals surface area contributed by atoms with E-state index < -0.39 is 28.6 Å². The number of nitro groups is 1. The van der Waals surface area contributed by atoms with Gasteiger partial charge >= 0.3 is 5.82 Å². The number of anilines is 1. The molecule has 2 rings (SSSR count). The molecule has 7 nitrogen and oxygen atoms in total. The highest BCUT2D eigenvalue weighted by Gasteiger charge is 2.22. The van der Waals surface area contributed by atoms with Crippen molar-refractivity contribution in [2.24, 2.45) is 0 Å². The van der Waals surface area contributed by atoms with Crippen molar-refractivity contribution in [1.82, 2.24) is 4.98 Å². The van der Waals surface area contributed by atoms with Gasteiger partial charge in [0.2, 0.25) is 5.75 Å². The summed E-state index contributed by atoms with van der Waals surface area (Å²) in [4.78, 5) is 25.7. The zero-order chi connectivity index (χ0) is 17.0. The predicted octanol–water partition coefficient (Wildman–Crippen LogP) is 3.19. The third-order valence-corrected chi connectivity index (χ3v) is 3.02. The summed E-state index contributed by atoms with van der Waals surface area (Å²) in [6.07, 6.45) is 0.131. The van der Waals surface area contributed by atoms with Crippen LogP contribution in [0, 0.1) is 15.9 Å². The van der Waals surface area contributed by atoms with Crippen LogP contribution in [0.15, 0.2) is 36.5 Å². The molecule has 0 aliphatic carbocycles. The standard InChI is InChI=1S/C14H11ClFN3O4/c1-8(23-12-3-2-6-17-13(12)19(21)22)14(20)18-11-5-4-9(15)7-10(11)16/h2-8H,1H3,(H,18,20). The van der Waals surface area contributed by atoms with E-state index in [1.165, 1.54) is 37.4 Å². The van der Waals surface area contributed by atoms with Crippen LogP contribution >= 0.6 is 11.6 Å². The summed E-state index contributed by atoms with van der Waals surface area (Å²) in [6, 6.07) is 6.52. The van der Waals surface area contributed by atoms with Gasteiger partial charge in [0.25, 0.3) is 5.91 Å². The quantitative estimate of drug-likeness (QED) is 0.666. The molecule has 1 atom stereocenters. The number of benzene rings is 1. The molecule has 1 heterocycles. The fourth-order valence-electron chi connectivity index (χ4n) is 1.68. The minimum Gasteiger partial charge on any atom is -0.473 e. The molecule has 23 heavy (non-hydrogen) atoms. The Kier molecular flexibility index (Phi) is 5.07. The Bertz CT molecular complexity index is 757. The fourth-order valence-corrected chi connectivity index (χ4v) is 1.84. The monoisotopic (exact) mass is 339 g/mol. The lowest BCUT2D eigenvalue weighted by molar-refractivity contribution is -0.390. The topological polar surface area (TPSA) is 94.4 Å². The van der Waals surface area contributed by atoms with Crippen molar-refractivity contribution >= 4 is 29.0 Å². The van der Waals surface area contributed by atoms with E-state index >= 15 is 0 Å². The Balaban J connectivity index is 2.10. The lowest BCUT2D eigenvalue weighted by Crippen LogP contribution is -2.30. The maximum Gasteiger partial charge on any atom is 0.406 e. The molecule has 0 aliphatic heterocycles. The highest BCUT2D eigenvalue weighted by molar-refractivity contribution is 6.30. The average Bonchev–Trinajstić information content (AvgIpc) is 2.50. The van der Waals surface area contributed by atoms with E-state index in [0.29, 0.717) is 0 Å². The van der Waals surface area contributed by atoms with Crippen LogP contribution in [-0.4, -0.2) is 21.9 Å². The number of carbonyl (C=O) groups excluding carboxylic acids is 1. The minimum absolute atomic E-state index is 0.0736. The molecule has 0 saturated heterocycles. The number of halogens is 2. The second kappa shape index (κ2) is 7.01. The first-order valence-electron chi connectivity index (χ1n) is 6.40. The molecule has 0 spiro atoms. The molecule has 2 aromatic rings. The number of amides is 1. The van der Waals surface area contributed by atoms with Crippen molar-refractivity contribution in [2.45, 2.75) is 13.0 Å². The number of hydrogen-bond acceptors (Lipinski definition) is 5. The number of nitrogens with zero attached hydrogens (tertiary/aromatic N) is 2. The highest BCUT2D eigenvalue weighted by Crippen LogP contribution is 2.24. The summed E-state index contributed by atoms with van der Waals surface area (Å²) in [7, 11) is 0. The third kappa shape index (κ3) is 4.13. The lowest BCUT2D eigenvalue weighted by atomic mass is 10.3. The van der Waals surface area contributed by atoms with Crippen LogP contribution in [0.1, 0.15) is 6.92 Å². The summed E-state index contributed by atoms with van der Waals surface area (Å²) in [5.41, 5.74) is -0.0736. The normalized spacial score (nSPS) is 11.6. The predicted molar refractivity (Wildman–Crippen MR) is 81.0 cm³/mol. The van der Waals surface area contributed by atoms with Gasteiger partial charge in [0, 0.05) is 5.02 Å². The molecule has 0 saturated carbocycles. The molecule has 1 aromatic heterocycles. The van der Waals surface area contributed by atoms with Crippen molar-refractivity contribution in [2.75, 3.05) is 5.32 Å². The summed E-state index contributed by atoms with van der Waals surface area (Å²) in [6.45, 7) is 1.37. The maximum atomic E-state index is 13.6. The van der Waals surface area contributed by atoms with E-state index in [9.17, 15) is 19.3 Å². The number of pyridine rings is 1. The Morgan fingerprint density at radius 1 is 1.48 bits per heavy atom. The van der Waals surface area contributed by atoms with Crippen LogP contribution in [-0.2, 0) is 4.79 Å². The maximum absolute atomic E-state index is 13.6. The smallest absolute Gasteiger partial charge is 0.406 e. The molecular weight excluding hydrogens is 329 g/mol. The van der Waals surface area contributed by atoms with Gasteiger partial charge in [-0.05, 0) is 47.2 Å². The molecule has 1 amide bonds. The van der Waals surface area contributed by atoms with E-state index in [1.54, 1.807) is 0 Å². The first-order chi connectivity index (χ1) is 10.9. The van der Waals surface area contributed by atoms with Crippen LogP contribution in [0.25, 0.3) is 0 Å². The van der Waals surface area contributed by atoms with Gasteiger partial charge in [0.05, 0.1) is 5.69 Å². The van der Waals surface area contributed by atoms with Gasteiger partial charge in [0.15, 0.2) is 6.10 Å². The number of ether oxygens (including phenoxy) is 1. The van der Waals surface area contributed by atoms with Gasteiger partial charge in [-0.3, -0.25) is 4.79 Å². The second-order valence-electron chi connectivity index (χ2n) is 4.46. The van der Waals surface area contributed by atoms with Crippen molar-refractivity contribution in [1.29, 1.82) is 0 Å². The van der Waals surface area contributed by atoms with Crippen molar-refractivity contribution in [3.63, 3.8) is 0 Å². The van der Waals surface area contributed by atoms with Gasteiger partial charge in [-0.2, -0.15) is 0 Å². The second-order valence-corrected chi connectivity index (χ2v) is 4.89. The van der Waals surface area contributed by atoms with Gasteiger partial charge in [-0.25, -0.2) is 4.39 Å². The molecule has 0 radical (unpaired) electrons. The number of hydrogen-bond donors (Lipinski definition) is 1. The average molecular weight is 340 g/mol.